The van der Waals surface area contributed by atoms with E-state index in [1.54, 1.807) is 34.0 Å². The number of carbonyl (C=O) groups is 3. The lowest BCUT2D eigenvalue weighted by molar-refractivity contribution is -0.167. The number of rotatable bonds is 24. The van der Waals surface area contributed by atoms with Crippen LogP contribution in [0.5, 0.6) is 0 Å². The predicted molar refractivity (Wildman–Crippen MR) is 567 cm³/mol. The zero-order valence-corrected chi connectivity index (χ0v) is 87.8. The van der Waals surface area contributed by atoms with Gasteiger partial charge in [-0.05, 0) is 317 Å². The van der Waals surface area contributed by atoms with E-state index in [9.17, 15) is 19.5 Å². The minimum Gasteiger partial charge on any atom is -0.479 e. The fourth-order valence-electron chi connectivity index (χ4n) is 20.7. The lowest BCUT2D eigenvalue weighted by Crippen LogP contribution is -2.43. The molecule has 5 aliphatic rings. The second-order valence-electron chi connectivity index (χ2n) is 41.0. The van der Waals surface area contributed by atoms with Crippen LogP contribution in [0.4, 0.5) is 0 Å². The maximum Gasteiger partial charge on any atom is 0.339 e. The summed E-state index contributed by atoms with van der Waals surface area (Å²) in [5.41, 5.74) is 21.1. The van der Waals surface area contributed by atoms with Crippen LogP contribution in [0.25, 0.3) is 128 Å². The Labute approximate surface area is 846 Å². The highest BCUT2D eigenvalue weighted by molar-refractivity contribution is 7.23. The topological polar surface area (TPSA) is 235 Å². The van der Waals surface area contributed by atoms with Crippen LogP contribution in [0.2, 0.25) is 15.1 Å². The van der Waals surface area contributed by atoms with Crippen molar-refractivity contribution < 1.29 is 52.6 Å². The van der Waals surface area contributed by atoms with Crippen LogP contribution in [0, 0.1) is 20.8 Å². The molecule has 9 aromatic carbocycles. The average molecular weight is 2000 g/mol. The monoisotopic (exact) mass is 2000 g/mol. The van der Waals surface area contributed by atoms with Crippen molar-refractivity contribution in [1.82, 2.24) is 54.1 Å². The number of thiazole rings is 3. The summed E-state index contributed by atoms with van der Waals surface area (Å²) in [6, 6.07) is 48.8. The second-order valence-corrected chi connectivity index (χ2v) is 45.3. The molecule has 1 N–H and O–H groups in total. The largest absolute Gasteiger partial charge is 0.479 e. The highest BCUT2D eigenvalue weighted by Crippen LogP contribution is 2.52. The first-order chi connectivity index (χ1) is 67.0. The zero-order chi connectivity index (χ0) is 98.7. The minimum atomic E-state index is -1.16. The highest BCUT2D eigenvalue weighted by atomic mass is 35.5. The molecule has 0 spiro atoms. The Morgan fingerprint density at radius 3 is 0.971 bits per heavy atom. The lowest BCUT2D eigenvalue weighted by Gasteiger charge is -2.36. The number of nitrogens with zero attached hydrogens (tertiary/aromatic N) is 11. The Hall–Kier alpha value is -9.94. The van der Waals surface area contributed by atoms with Gasteiger partial charge < -0.3 is 48.1 Å². The van der Waals surface area contributed by atoms with Crippen LogP contribution < -0.4 is 0 Å². The molecule has 6 aromatic heterocycles. The molecule has 734 valence electrons. The molecule has 140 heavy (non-hydrogen) atoms. The van der Waals surface area contributed by atoms with Crippen molar-refractivity contribution in [3.63, 3.8) is 0 Å². The summed E-state index contributed by atoms with van der Waals surface area (Å²) in [6.07, 6.45) is 10.8. The van der Waals surface area contributed by atoms with Gasteiger partial charge in [0, 0.05) is 146 Å². The van der Waals surface area contributed by atoms with Crippen LogP contribution >= 0.6 is 68.8 Å². The molecule has 1 aliphatic carbocycles. The van der Waals surface area contributed by atoms with Gasteiger partial charge in [-0.15, -0.1) is 34.0 Å². The molecule has 0 radical (unpaired) electrons. The Balaban J connectivity index is 0.000000139. The molecule has 2 unspecified atom stereocenters. The number of hydrogen-bond acceptors (Lipinski definition) is 21. The summed E-state index contributed by atoms with van der Waals surface area (Å²) in [4.78, 5) is 60.3. The fraction of sp³-hybridized carbons (Fsp3) is 0.438. The van der Waals surface area contributed by atoms with Crippen LogP contribution in [0.15, 0.2) is 146 Å². The lowest BCUT2D eigenvalue weighted by atomic mass is 9.86. The summed E-state index contributed by atoms with van der Waals surface area (Å²) >= 11 is 23.8. The first kappa shape index (κ1) is 100. The molecular formula is C112H126Cl3N11O11S3. The van der Waals surface area contributed by atoms with E-state index in [0.29, 0.717) is 50.6 Å². The van der Waals surface area contributed by atoms with E-state index < -0.39 is 53.0 Å². The Kier molecular flexibility index (Phi) is 29.9. The van der Waals surface area contributed by atoms with E-state index in [0.717, 1.165) is 224 Å². The third-order valence-corrected chi connectivity index (χ3v) is 31.6. The Morgan fingerprint density at radius 1 is 0.407 bits per heavy atom. The number of fused-ring (bicyclic) bond motifs is 6. The summed E-state index contributed by atoms with van der Waals surface area (Å²) in [7, 11) is 6.09. The number of aliphatic carboxylic acids is 1. The number of carboxylic acid groups (broad SMARTS) is 1. The quantitative estimate of drug-likeness (QED) is 0.0554. The predicted octanol–water partition coefficient (Wildman–Crippen LogP) is 27.2. The molecular weight excluding hydrogens is 1880 g/mol. The van der Waals surface area contributed by atoms with E-state index in [1.807, 2.05) is 211 Å². The molecule has 0 bridgehead atoms. The number of piperidine rings is 2. The molecule has 10 heterocycles. The average Bonchev–Trinajstić information content (AvgIpc) is 1.58. The molecule has 5 fully saturated rings. The van der Waals surface area contributed by atoms with Gasteiger partial charge in [-0.2, -0.15) is 15.3 Å². The second kappa shape index (κ2) is 41.8. The molecule has 15 aromatic rings. The number of benzene rings is 9. The van der Waals surface area contributed by atoms with Crippen molar-refractivity contribution >= 4 is 150 Å². The van der Waals surface area contributed by atoms with Gasteiger partial charge >= 0.3 is 17.9 Å². The molecule has 4 aliphatic heterocycles. The SMILES string of the molecule is CCOC(=O)[C@@H](OC(C)(C)C)c1c(C)cc2nc(-c3ccc4c(c3)c(C3CCCCC3)nn4C)sc2c1-c1ccc(Cl)cc1.CCOC(=O)[C@@H](OC(C)(C)C)c1c(C)cc2nc(-c3ccc4c(c3)c(C3CCN(CC5CCO5)CC3)nn4C)sc2c1-c1ccc(Cl)cc1.Cc1cc2nc(-c3ccc4c(c3)c(C3CCN(CC5CCO5)CC3)nn4C)sc2c(-c2ccc(Cl)cc2)c1[C@H](OC(C)(C)C)C(=O)O. The fourth-order valence-corrected chi connectivity index (χ4v) is 24.4. The van der Waals surface area contributed by atoms with Gasteiger partial charge in [0.1, 0.15) is 15.0 Å². The van der Waals surface area contributed by atoms with Crippen molar-refractivity contribution in [2.24, 2.45) is 21.1 Å². The van der Waals surface area contributed by atoms with Gasteiger partial charge in [0.15, 0.2) is 18.3 Å². The van der Waals surface area contributed by atoms with Crippen molar-refractivity contribution in [3.05, 3.63) is 211 Å². The number of aryl methyl sites for hydroxylation is 6. The number of halogens is 3. The molecule has 0 amide bonds. The van der Waals surface area contributed by atoms with Gasteiger partial charge in [-0.1, -0.05) is 90.5 Å². The van der Waals surface area contributed by atoms with Crippen LogP contribution in [-0.4, -0.2) is 172 Å². The number of aromatic nitrogens is 9. The number of hydrogen-bond donors (Lipinski definition) is 1. The van der Waals surface area contributed by atoms with Gasteiger partial charge in [-0.25, -0.2) is 29.3 Å². The van der Waals surface area contributed by atoms with Gasteiger partial charge in [0.05, 0.1) is 107 Å². The van der Waals surface area contributed by atoms with E-state index in [1.165, 1.54) is 72.5 Å². The van der Waals surface area contributed by atoms with Gasteiger partial charge in [-0.3, -0.25) is 14.0 Å². The highest BCUT2D eigenvalue weighted by Gasteiger charge is 2.40. The van der Waals surface area contributed by atoms with E-state index in [4.69, 9.17) is 98.2 Å². The van der Waals surface area contributed by atoms with E-state index >= 15 is 0 Å². The first-order valence-electron chi connectivity index (χ1n) is 49.3. The molecule has 1 saturated carbocycles. The minimum absolute atomic E-state index is 0.262. The smallest absolute Gasteiger partial charge is 0.339 e. The number of carboxylic acids is 1. The summed E-state index contributed by atoms with van der Waals surface area (Å²) in [5, 5.41) is 33.7. The van der Waals surface area contributed by atoms with E-state index in [2.05, 4.69) is 76.5 Å². The number of likely N-dealkylation sites (tertiary alicyclic amines) is 2. The number of esters is 2. The first-order valence-corrected chi connectivity index (χ1v) is 52.8. The van der Waals surface area contributed by atoms with Crippen molar-refractivity contribution in [2.75, 3.05) is 65.7 Å². The molecule has 4 saturated heterocycles. The van der Waals surface area contributed by atoms with Crippen molar-refractivity contribution in [2.45, 2.75) is 233 Å². The summed E-state index contributed by atoms with van der Waals surface area (Å²) in [5.74, 6) is -0.516. The number of ether oxygens (including phenoxy) is 7. The van der Waals surface area contributed by atoms with Crippen molar-refractivity contribution in [1.29, 1.82) is 0 Å². The zero-order valence-electron chi connectivity index (χ0n) is 83.1. The maximum atomic E-state index is 13.5. The maximum absolute atomic E-state index is 13.5. The Bertz CT molecular complexity index is 7090. The van der Waals surface area contributed by atoms with Crippen molar-refractivity contribution in [3.8, 4) is 65.1 Å². The van der Waals surface area contributed by atoms with Crippen LogP contribution in [0.1, 0.15) is 233 Å². The summed E-state index contributed by atoms with van der Waals surface area (Å²) < 4.78 is 50.5. The van der Waals surface area contributed by atoms with E-state index in [-0.39, 0.29) is 13.2 Å². The molecule has 22 nitrogen and oxygen atoms in total. The molecule has 28 heteroatoms. The standard InChI is InChI=1S/C39H45ClN4O4S.C37H41ClN4O4S.C36H40ClN3O3S/c1-7-46-38(45)35(48-39(3,4)5)32-23(2)20-30-36(33(32)24-8-11-27(40)12-9-24)49-37(41-30)26-10-13-31-29(21-26)34(42-43(31)6)25-14-17-44(18-15-25)22-28-16-19-47-28;1-21-18-28-34(31(22-6-9-25(38)10-7-22)30(21)33(36(43)44)46-37(2,3)4)47-35(39-28)24-8-11-29-27(19-24)32(40-41(29)5)23-12-15-42(16-13-23)20-26-14-17-45-26;1-7-42-35(41)32(43-36(3,4)5)29-21(2)19-27-33(30(29)22-13-16-25(37)17-14-22)44-34(38-27)24-15-18-28-26(20-24)31(39-40(28)6)23-11-9-8-10-12-23/h8-13,20-21,25,28,35H,7,14-19,22H2,1-6H3;6-11,18-19,23,26,33H,12-17,20H2,1-5H3,(H,43,44);13-20,23,32H,7-12H2,1-6H3/t28?,35-;26?,33-;32-/m000/s1. The molecule has 20 rings (SSSR count). The third-order valence-electron chi connectivity index (χ3n) is 27.4. The van der Waals surface area contributed by atoms with Crippen LogP contribution in [-0.2, 0) is 68.7 Å². The normalized spacial score (nSPS) is 17.4. The van der Waals surface area contributed by atoms with Gasteiger partial charge in [0.25, 0.3) is 0 Å². The molecule has 5 atom stereocenters. The van der Waals surface area contributed by atoms with Crippen LogP contribution in [0.3, 0.4) is 0 Å². The summed E-state index contributed by atoms with van der Waals surface area (Å²) in [6.45, 7) is 35.6. The van der Waals surface area contributed by atoms with Gasteiger partial charge in [0.2, 0.25) is 0 Å². The third kappa shape index (κ3) is 21.8. The number of carbonyl (C=O) groups excluding carboxylic acids is 2. The Morgan fingerprint density at radius 2 is 0.693 bits per heavy atom.